The van der Waals surface area contributed by atoms with Gasteiger partial charge in [-0.2, -0.15) is 0 Å². The molecule has 4 N–H and O–H groups in total. The van der Waals surface area contributed by atoms with Gasteiger partial charge >= 0.3 is 11.9 Å². The third-order valence-electron chi connectivity index (χ3n) is 2.92. The zero-order valence-corrected chi connectivity index (χ0v) is 14.7. The molecule has 0 aromatic rings. The molecule has 0 aliphatic heterocycles. The summed E-state index contributed by atoms with van der Waals surface area (Å²) in [6, 6.07) is 0. The van der Waals surface area contributed by atoms with Crippen molar-refractivity contribution >= 4 is 11.9 Å². The fourth-order valence-corrected chi connectivity index (χ4v) is 1.64. The second kappa shape index (κ2) is 26.2. The Hall–Kier alpha value is -1.66. The van der Waals surface area contributed by atoms with E-state index >= 15 is 0 Å². The smallest absolute Gasteiger partial charge is 0.327 e. The van der Waals surface area contributed by atoms with Gasteiger partial charge in [-0.25, -0.2) is 9.59 Å². The lowest BCUT2D eigenvalue weighted by molar-refractivity contribution is -0.132. The van der Waals surface area contributed by atoms with Crippen molar-refractivity contribution in [1.29, 1.82) is 0 Å². The summed E-state index contributed by atoms with van der Waals surface area (Å²) >= 11 is 0. The van der Waals surface area contributed by atoms with Crippen molar-refractivity contribution in [3.63, 3.8) is 0 Å². The predicted molar refractivity (Wildman–Crippen MR) is 96.0 cm³/mol. The molecule has 0 saturated heterocycles. The number of unbranched alkanes of at least 4 members (excludes halogenated alkanes) is 9. The molecule has 0 heterocycles. The van der Waals surface area contributed by atoms with E-state index in [1.807, 2.05) is 0 Å². The molecule has 0 aromatic carbocycles. The zero-order valence-electron chi connectivity index (χ0n) is 14.7. The maximum absolute atomic E-state index is 9.25. The van der Waals surface area contributed by atoms with Gasteiger partial charge in [0.05, 0.1) is 0 Å². The van der Waals surface area contributed by atoms with Crippen LogP contribution in [-0.4, -0.2) is 45.6 Å². The molecule has 0 aromatic heterocycles. The Bertz CT molecular complexity index is 272. The molecular formula is C18H34O6. The van der Waals surface area contributed by atoms with E-state index in [9.17, 15) is 9.59 Å². The maximum Gasteiger partial charge on any atom is 0.327 e. The molecule has 142 valence electrons. The molecule has 0 aliphatic rings. The molecule has 0 bridgehead atoms. The second-order valence-electron chi connectivity index (χ2n) is 5.07. The number of aliphatic hydroxyl groups excluding tert-OH is 2. The lowest BCUT2D eigenvalue weighted by Gasteiger charge is -2.01. The van der Waals surface area contributed by atoms with Gasteiger partial charge < -0.3 is 20.4 Å². The van der Waals surface area contributed by atoms with E-state index in [-0.39, 0.29) is 0 Å². The summed E-state index contributed by atoms with van der Waals surface area (Å²) in [6.07, 6.45) is 13.8. The van der Waals surface area contributed by atoms with Gasteiger partial charge in [0.1, 0.15) is 0 Å². The molecular weight excluding hydrogens is 312 g/mol. The molecule has 0 atom stereocenters. The Kier molecular flexibility index (Phi) is 29.7. The first-order valence-electron chi connectivity index (χ1n) is 8.38. The van der Waals surface area contributed by atoms with Crippen LogP contribution < -0.4 is 0 Å². The van der Waals surface area contributed by atoms with Crippen LogP contribution in [0.15, 0.2) is 25.3 Å². The van der Waals surface area contributed by atoms with Gasteiger partial charge in [0.15, 0.2) is 0 Å². The van der Waals surface area contributed by atoms with Gasteiger partial charge in [-0.3, -0.25) is 0 Å². The first-order chi connectivity index (χ1) is 11.5. The highest BCUT2D eigenvalue weighted by molar-refractivity contribution is 5.79. The van der Waals surface area contributed by atoms with Crippen molar-refractivity contribution in [1.82, 2.24) is 0 Å². The molecule has 0 amide bonds. The van der Waals surface area contributed by atoms with Crippen LogP contribution >= 0.6 is 0 Å². The van der Waals surface area contributed by atoms with Crippen molar-refractivity contribution in [2.24, 2.45) is 0 Å². The van der Waals surface area contributed by atoms with Gasteiger partial charge in [0.25, 0.3) is 0 Å². The Morgan fingerprint density at radius 3 is 0.875 bits per heavy atom. The molecule has 0 unspecified atom stereocenters. The molecule has 6 nitrogen and oxygen atoms in total. The van der Waals surface area contributed by atoms with E-state index in [0.29, 0.717) is 13.2 Å². The van der Waals surface area contributed by atoms with Crippen molar-refractivity contribution in [3.05, 3.63) is 25.3 Å². The van der Waals surface area contributed by atoms with Crippen LogP contribution in [0.1, 0.15) is 64.2 Å². The summed E-state index contributed by atoms with van der Waals surface area (Å²) in [7, 11) is 0. The fraction of sp³-hybridized carbons (Fsp3) is 0.667. The average molecular weight is 346 g/mol. The van der Waals surface area contributed by atoms with Crippen LogP contribution in [0.3, 0.4) is 0 Å². The summed E-state index contributed by atoms with van der Waals surface area (Å²) in [5.41, 5.74) is 0. The van der Waals surface area contributed by atoms with Crippen LogP contribution in [0.4, 0.5) is 0 Å². The van der Waals surface area contributed by atoms with E-state index in [2.05, 4.69) is 13.2 Å². The normalized spacial score (nSPS) is 8.92. The molecule has 0 fully saturated rings. The average Bonchev–Trinajstić information content (AvgIpc) is 2.57. The Morgan fingerprint density at radius 2 is 0.750 bits per heavy atom. The number of rotatable bonds is 13. The summed E-state index contributed by atoms with van der Waals surface area (Å²) in [6.45, 7) is 6.62. The number of hydrogen-bond donors (Lipinski definition) is 4. The van der Waals surface area contributed by atoms with Gasteiger partial charge in [0.2, 0.25) is 0 Å². The van der Waals surface area contributed by atoms with Gasteiger partial charge in [0, 0.05) is 25.4 Å². The molecule has 0 radical (unpaired) electrons. The topological polar surface area (TPSA) is 115 Å². The van der Waals surface area contributed by atoms with Crippen molar-refractivity contribution in [2.75, 3.05) is 13.2 Å². The molecule has 6 heteroatoms. The van der Waals surface area contributed by atoms with Crippen molar-refractivity contribution in [3.8, 4) is 0 Å². The third kappa shape index (κ3) is 42.8. The minimum absolute atomic E-state index is 0.348. The Balaban J connectivity index is -0.000000361. The van der Waals surface area contributed by atoms with E-state index in [1.54, 1.807) is 0 Å². The van der Waals surface area contributed by atoms with Crippen LogP contribution in [-0.2, 0) is 9.59 Å². The van der Waals surface area contributed by atoms with Gasteiger partial charge in [-0.1, -0.05) is 64.5 Å². The van der Waals surface area contributed by atoms with Gasteiger partial charge in [-0.15, -0.1) is 0 Å². The van der Waals surface area contributed by atoms with E-state index < -0.39 is 11.9 Å². The number of hydrogen-bond acceptors (Lipinski definition) is 4. The first kappa shape index (κ1) is 27.2. The minimum atomic E-state index is -0.981. The summed E-state index contributed by atoms with van der Waals surface area (Å²) < 4.78 is 0. The van der Waals surface area contributed by atoms with E-state index in [0.717, 1.165) is 25.0 Å². The predicted octanol–water partition coefficient (Wildman–Crippen LogP) is 3.39. The third-order valence-corrected chi connectivity index (χ3v) is 2.92. The summed E-state index contributed by atoms with van der Waals surface area (Å²) in [5.74, 6) is -1.96. The highest BCUT2D eigenvalue weighted by Crippen LogP contribution is 2.10. The van der Waals surface area contributed by atoms with Crippen LogP contribution in [0.2, 0.25) is 0 Å². The van der Waals surface area contributed by atoms with Crippen LogP contribution in [0, 0.1) is 0 Å². The lowest BCUT2D eigenvalue weighted by Crippen LogP contribution is -1.85. The van der Waals surface area contributed by atoms with Crippen LogP contribution in [0.5, 0.6) is 0 Å². The fourth-order valence-electron chi connectivity index (χ4n) is 1.64. The quantitative estimate of drug-likeness (QED) is 0.300. The van der Waals surface area contributed by atoms with E-state index in [1.165, 1.54) is 51.4 Å². The molecule has 0 aliphatic carbocycles. The molecule has 0 spiro atoms. The van der Waals surface area contributed by atoms with E-state index in [4.69, 9.17) is 20.4 Å². The zero-order chi connectivity index (χ0) is 19.1. The number of carbonyl (C=O) groups is 2. The number of carboxylic acid groups (broad SMARTS) is 2. The minimum Gasteiger partial charge on any atom is -0.478 e. The maximum atomic E-state index is 9.25. The number of carboxylic acids is 2. The summed E-state index contributed by atoms with van der Waals surface area (Å²) in [5, 5.41) is 32.3. The lowest BCUT2D eigenvalue weighted by atomic mass is 10.1. The second-order valence-corrected chi connectivity index (χ2v) is 5.07. The van der Waals surface area contributed by atoms with Gasteiger partial charge in [-0.05, 0) is 12.8 Å². The highest BCUT2D eigenvalue weighted by atomic mass is 16.4. The first-order valence-corrected chi connectivity index (χ1v) is 8.38. The Labute approximate surface area is 145 Å². The Morgan fingerprint density at radius 1 is 0.583 bits per heavy atom. The summed E-state index contributed by atoms with van der Waals surface area (Å²) in [4.78, 5) is 18.5. The molecule has 0 saturated carbocycles. The van der Waals surface area contributed by atoms with Crippen molar-refractivity contribution < 1.29 is 30.0 Å². The monoisotopic (exact) mass is 346 g/mol. The number of aliphatic hydroxyl groups is 2. The standard InChI is InChI=1S/C12H26O2.2C3H4O2/c13-11-9-7-5-3-1-2-4-6-8-10-12-14;2*1-2-3(4)5/h13-14H,1-12H2;2*2H,1H2,(H,4,5). The van der Waals surface area contributed by atoms with Crippen molar-refractivity contribution in [2.45, 2.75) is 64.2 Å². The highest BCUT2D eigenvalue weighted by Gasteiger charge is 1.92. The largest absolute Gasteiger partial charge is 0.478 e. The number of aliphatic carboxylic acids is 2. The molecule has 24 heavy (non-hydrogen) atoms. The van der Waals surface area contributed by atoms with Crippen LogP contribution in [0.25, 0.3) is 0 Å². The molecule has 0 rings (SSSR count). The SMILES string of the molecule is C=CC(=O)O.C=CC(=O)O.OCCCCCCCCCCCCO.